The van der Waals surface area contributed by atoms with Gasteiger partial charge in [-0.2, -0.15) is 0 Å². The fourth-order valence-electron chi connectivity index (χ4n) is 4.10. The monoisotopic (exact) mass is 381 g/mol. The third-order valence-electron chi connectivity index (χ3n) is 5.72. The highest BCUT2D eigenvalue weighted by molar-refractivity contribution is 6.42. The number of hydrogen-bond acceptors (Lipinski definition) is 3. The molecule has 0 aromatic heterocycles. The number of carbonyl (C=O) groups is 1. The summed E-state index contributed by atoms with van der Waals surface area (Å²) < 4.78 is 0. The van der Waals surface area contributed by atoms with E-state index in [1.807, 2.05) is 18.2 Å². The summed E-state index contributed by atoms with van der Waals surface area (Å²) in [4.78, 5) is 19.8. The van der Waals surface area contributed by atoms with Crippen molar-refractivity contribution in [3.63, 3.8) is 0 Å². The van der Waals surface area contributed by atoms with Crippen molar-refractivity contribution in [1.82, 2.24) is 9.80 Å². The van der Waals surface area contributed by atoms with E-state index in [4.69, 9.17) is 23.2 Å². The van der Waals surface area contributed by atoms with Gasteiger partial charge >= 0.3 is 0 Å². The van der Waals surface area contributed by atoms with Crippen LogP contribution in [0.4, 0.5) is 5.69 Å². The maximum absolute atomic E-state index is 12.9. The molecular formula is C19H25Cl2N3O. The second-order valence-corrected chi connectivity index (χ2v) is 8.29. The van der Waals surface area contributed by atoms with E-state index < -0.39 is 0 Å². The van der Waals surface area contributed by atoms with Crippen LogP contribution in [0.25, 0.3) is 0 Å². The number of rotatable bonds is 3. The summed E-state index contributed by atoms with van der Waals surface area (Å²) in [5, 5.41) is 1.16. The predicted octanol–water partition coefficient (Wildman–Crippen LogP) is 3.52. The van der Waals surface area contributed by atoms with Crippen LogP contribution in [-0.4, -0.2) is 61.0 Å². The van der Waals surface area contributed by atoms with Crippen LogP contribution < -0.4 is 4.90 Å². The Balaban J connectivity index is 1.33. The lowest BCUT2D eigenvalue weighted by atomic mass is 9.96. The molecule has 136 valence electrons. The van der Waals surface area contributed by atoms with Crippen molar-refractivity contribution in [3.8, 4) is 0 Å². The Morgan fingerprint density at radius 2 is 1.72 bits per heavy atom. The van der Waals surface area contributed by atoms with Crippen LogP contribution in [0.1, 0.15) is 25.7 Å². The molecular weight excluding hydrogens is 357 g/mol. The number of anilines is 1. The number of piperazine rings is 1. The van der Waals surface area contributed by atoms with Gasteiger partial charge in [0, 0.05) is 44.5 Å². The van der Waals surface area contributed by atoms with E-state index in [9.17, 15) is 4.79 Å². The van der Waals surface area contributed by atoms with Gasteiger partial charge in [0.25, 0.3) is 0 Å². The van der Waals surface area contributed by atoms with E-state index in [0.29, 0.717) is 16.0 Å². The molecule has 4 nitrogen and oxygen atoms in total. The number of nitrogens with zero attached hydrogens (tertiary/aromatic N) is 3. The molecule has 0 radical (unpaired) electrons. The smallest absolute Gasteiger partial charge is 0.227 e. The van der Waals surface area contributed by atoms with Crippen LogP contribution >= 0.6 is 23.2 Å². The maximum Gasteiger partial charge on any atom is 0.227 e. The van der Waals surface area contributed by atoms with Gasteiger partial charge < -0.3 is 9.80 Å². The molecule has 3 fully saturated rings. The van der Waals surface area contributed by atoms with Gasteiger partial charge in [-0.25, -0.2) is 0 Å². The Labute approximate surface area is 159 Å². The Morgan fingerprint density at radius 1 is 0.960 bits per heavy atom. The van der Waals surface area contributed by atoms with E-state index >= 15 is 0 Å². The van der Waals surface area contributed by atoms with Crippen LogP contribution in [-0.2, 0) is 4.79 Å². The standard InChI is InChI=1S/C19H25Cl2N3O/c20-17-6-5-16(12-18(17)21)22-8-10-23(11-9-22)19(25)14-2-1-7-24(13-14)15-3-4-15/h5-6,12,14-15H,1-4,7-11,13H2/t14-/m0/s1. The van der Waals surface area contributed by atoms with Crippen molar-refractivity contribution >= 4 is 34.8 Å². The number of benzene rings is 1. The number of likely N-dealkylation sites (tertiary alicyclic amines) is 1. The lowest BCUT2D eigenvalue weighted by molar-refractivity contribution is -0.137. The van der Waals surface area contributed by atoms with Gasteiger partial charge in [0.15, 0.2) is 0 Å². The van der Waals surface area contributed by atoms with Crippen LogP contribution in [0.15, 0.2) is 18.2 Å². The predicted molar refractivity (Wildman–Crippen MR) is 103 cm³/mol. The minimum absolute atomic E-state index is 0.200. The van der Waals surface area contributed by atoms with Crippen LogP contribution in [0.5, 0.6) is 0 Å². The van der Waals surface area contributed by atoms with E-state index in [1.165, 1.54) is 19.4 Å². The molecule has 2 aliphatic heterocycles. The van der Waals surface area contributed by atoms with Crippen molar-refractivity contribution in [1.29, 1.82) is 0 Å². The van der Waals surface area contributed by atoms with Gasteiger partial charge in [-0.05, 0) is 50.4 Å². The summed E-state index contributed by atoms with van der Waals surface area (Å²) in [6, 6.07) is 6.52. The molecule has 0 unspecified atom stereocenters. The molecule has 6 heteroatoms. The van der Waals surface area contributed by atoms with Crippen molar-refractivity contribution < 1.29 is 4.79 Å². The lowest BCUT2D eigenvalue weighted by Crippen LogP contribution is -2.52. The van der Waals surface area contributed by atoms with Gasteiger partial charge in [0.2, 0.25) is 5.91 Å². The van der Waals surface area contributed by atoms with Crippen molar-refractivity contribution in [2.75, 3.05) is 44.2 Å². The lowest BCUT2D eigenvalue weighted by Gasteiger charge is -2.40. The molecule has 1 aliphatic carbocycles. The Hall–Kier alpha value is -0.970. The number of halogens is 2. The van der Waals surface area contributed by atoms with Gasteiger partial charge in [-0.3, -0.25) is 9.69 Å². The van der Waals surface area contributed by atoms with E-state index in [0.717, 1.165) is 57.3 Å². The fourth-order valence-corrected chi connectivity index (χ4v) is 4.40. The van der Waals surface area contributed by atoms with Crippen LogP contribution in [0.3, 0.4) is 0 Å². The molecule has 1 atom stereocenters. The molecule has 25 heavy (non-hydrogen) atoms. The number of hydrogen-bond donors (Lipinski definition) is 0. The molecule has 1 amide bonds. The maximum atomic E-state index is 12.9. The Morgan fingerprint density at radius 3 is 2.40 bits per heavy atom. The van der Waals surface area contributed by atoms with Crippen molar-refractivity contribution in [2.24, 2.45) is 5.92 Å². The highest BCUT2D eigenvalue weighted by atomic mass is 35.5. The first-order valence-electron chi connectivity index (χ1n) is 9.34. The fraction of sp³-hybridized carbons (Fsp3) is 0.632. The molecule has 4 rings (SSSR count). The average molecular weight is 382 g/mol. The molecule has 1 saturated carbocycles. The molecule has 0 N–H and O–H groups in total. The first-order chi connectivity index (χ1) is 12.1. The van der Waals surface area contributed by atoms with Gasteiger partial charge in [0.05, 0.1) is 16.0 Å². The molecule has 0 spiro atoms. The third kappa shape index (κ3) is 3.91. The van der Waals surface area contributed by atoms with Gasteiger partial charge in [-0.1, -0.05) is 23.2 Å². The Bertz CT molecular complexity index is 642. The summed E-state index contributed by atoms with van der Waals surface area (Å²) in [6.45, 7) is 5.43. The topological polar surface area (TPSA) is 26.8 Å². The molecule has 2 heterocycles. The quantitative estimate of drug-likeness (QED) is 0.801. The van der Waals surface area contributed by atoms with Crippen LogP contribution in [0, 0.1) is 5.92 Å². The minimum Gasteiger partial charge on any atom is -0.368 e. The van der Waals surface area contributed by atoms with Gasteiger partial charge in [-0.15, -0.1) is 0 Å². The SMILES string of the molecule is O=C([C@H]1CCCN(C2CC2)C1)N1CCN(c2ccc(Cl)c(Cl)c2)CC1. The largest absolute Gasteiger partial charge is 0.368 e. The molecule has 2 saturated heterocycles. The number of carbonyl (C=O) groups excluding carboxylic acids is 1. The Kier molecular flexibility index (Phi) is 5.12. The van der Waals surface area contributed by atoms with Crippen molar-refractivity contribution in [2.45, 2.75) is 31.7 Å². The van der Waals surface area contributed by atoms with E-state index in [-0.39, 0.29) is 5.92 Å². The van der Waals surface area contributed by atoms with E-state index in [2.05, 4.69) is 14.7 Å². The highest BCUT2D eigenvalue weighted by Gasteiger charge is 2.36. The second-order valence-electron chi connectivity index (χ2n) is 7.48. The van der Waals surface area contributed by atoms with Crippen molar-refractivity contribution in [3.05, 3.63) is 28.2 Å². The number of piperidine rings is 1. The zero-order valence-corrected chi connectivity index (χ0v) is 16.0. The summed E-state index contributed by atoms with van der Waals surface area (Å²) in [5.74, 6) is 0.560. The normalized spacial score (nSPS) is 25.3. The zero-order valence-electron chi connectivity index (χ0n) is 14.5. The number of amides is 1. The molecule has 1 aromatic carbocycles. The van der Waals surface area contributed by atoms with Crippen LogP contribution in [0.2, 0.25) is 10.0 Å². The summed E-state index contributed by atoms with van der Waals surface area (Å²) in [7, 11) is 0. The first kappa shape index (κ1) is 17.4. The summed E-state index contributed by atoms with van der Waals surface area (Å²) >= 11 is 12.1. The molecule has 0 bridgehead atoms. The highest BCUT2D eigenvalue weighted by Crippen LogP contribution is 2.32. The third-order valence-corrected chi connectivity index (χ3v) is 6.46. The molecule has 1 aromatic rings. The minimum atomic E-state index is 0.200. The summed E-state index contributed by atoms with van der Waals surface area (Å²) in [6.07, 6.45) is 4.86. The second kappa shape index (κ2) is 7.34. The molecule has 3 aliphatic rings. The zero-order chi connectivity index (χ0) is 17.4. The van der Waals surface area contributed by atoms with Gasteiger partial charge in [0.1, 0.15) is 0 Å². The summed E-state index contributed by atoms with van der Waals surface area (Å²) in [5.41, 5.74) is 1.08. The van der Waals surface area contributed by atoms with E-state index in [1.54, 1.807) is 0 Å². The average Bonchev–Trinajstić information content (AvgIpc) is 3.49. The first-order valence-corrected chi connectivity index (χ1v) is 10.1.